The summed E-state index contributed by atoms with van der Waals surface area (Å²) in [6.07, 6.45) is 1.83. The standard InChI is InChI=1S/C22H20N2O2S/c1-3-25-20-11-10-16(13-21(20)26-4-2)12-18(14-23)22-24-19(15-27-22)17-8-6-5-7-9-17/h5-13,15H,3-4H2,1-2H3/b18-12+. The molecule has 1 aromatic heterocycles. The molecule has 0 radical (unpaired) electrons. The molecule has 0 spiro atoms. The van der Waals surface area contributed by atoms with Crippen molar-refractivity contribution in [2.45, 2.75) is 13.8 Å². The summed E-state index contributed by atoms with van der Waals surface area (Å²) >= 11 is 1.46. The van der Waals surface area contributed by atoms with Crippen molar-refractivity contribution < 1.29 is 9.47 Å². The van der Waals surface area contributed by atoms with E-state index in [1.807, 2.05) is 73.8 Å². The lowest BCUT2D eigenvalue weighted by Crippen LogP contribution is -1.98. The Bertz CT molecular complexity index is 971. The molecule has 1 heterocycles. The van der Waals surface area contributed by atoms with E-state index in [4.69, 9.17) is 9.47 Å². The van der Waals surface area contributed by atoms with Gasteiger partial charge in [-0.15, -0.1) is 11.3 Å². The van der Waals surface area contributed by atoms with Crippen molar-refractivity contribution in [3.8, 4) is 28.8 Å². The van der Waals surface area contributed by atoms with Crippen molar-refractivity contribution in [3.63, 3.8) is 0 Å². The van der Waals surface area contributed by atoms with Gasteiger partial charge in [0.25, 0.3) is 0 Å². The Morgan fingerprint density at radius 1 is 1.07 bits per heavy atom. The quantitative estimate of drug-likeness (QED) is 0.498. The SMILES string of the molecule is CCOc1ccc(/C=C(\C#N)c2nc(-c3ccccc3)cs2)cc1OCC. The lowest BCUT2D eigenvalue weighted by atomic mass is 10.1. The highest BCUT2D eigenvalue weighted by Crippen LogP contribution is 2.31. The van der Waals surface area contributed by atoms with Gasteiger partial charge in [0.1, 0.15) is 11.1 Å². The van der Waals surface area contributed by atoms with Gasteiger partial charge in [-0.05, 0) is 37.6 Å². The zero-order valence-electron chi connectivity index (χ0n) is 15.3. The summed E-state index contributed by atoms with van der Waals surface area (Å²) in [4.78, 5) is 4.63. The van der Waals surface area contributed by atoms with Crippen LogP contribution in [0.3, 0.4) is 0 Å². The molecule has 0 saturated carbocycles. The molecule has 2 aromatic carbocycles. The van der Waals surface area contributed by atoms with Gasteiger partial charge in [0.2, 0.25) is 0 Å². The number of allylic oxidation sites excluding steroid dienone is 1. The second-order valence-corrected chi connectivity index (χ2v) is 6.50. The Labute approximate surface area is 163 Å². The average Bonchev–Trinajstić information content (AvgIpc) is 3.19. The zero-order valence-corrected chi connectivity index (χ0v) is 16.1. The van der Waals surface area contributed by atoms with Crippen molar-refractivity contribution >= 4 is 23.0 Å². The first-order valence-electron chi connectivity index (χ1n) is 8.78. The van der Waals surface area contributed by atoms with Crippen LogP contribution in [0.4, 0.5) is 0 Å². The fraction of sp³-hybridized carbons (Fsp3) is 0.182. The topological polar surface area (TPSA) is 55.1 Å². The van der Waals surface area contributed by atoms with Crippen molar-refractivity contribution in [2.75, 3.05) is 13.2 Å². The van der Waals surface area contributed by atoms with E-state index in [9.17, 15) is 5.26 Å². The summed E-state index contributed by atoms with van der Waals surface area (Å²) in [6, 6.07) is 17.9. The number of benzene rings is 2. The molecule has 4 nitrogen and oxygen atoms in total. The zero-order chi connectivity index (χ0) is 19.1. The fourth-order valence-electron chi connectivity index (χ4n) is 2.60. The number of hydrogen-bond acceptors (Lipinski definition) is 5. The summed E-state index contributed by atoms with van der Waals surface area (Å²) in [5.74, 6) is 1.38. The molecular weight excluding hydrogens is 356 g/mol. The Kier molecular flexibility index (Phi) is 6.24. The van der Waals surface area contributed by atoms with Gasteiger partial charge in [-0.2, -0.15) is 5.26 Å². The minimum Gasteiger partial charge on any atom is -0.490 e. The monoisotopic (exact) mass is 376 g/mol. The third kappa shape index (κ3) is 4.55. The highest BCUT2D eigenvalue weighted by Gasteiger charge is 2.10. The number of thiazole rings is 1. The lowest BCUT2D eigenvalue weighted by Gasteiger charge is -2.11. The summed E-state index contributed by atoms with van der Waals surface area (Å²) in [6.45, 7) is 4.98. The van der Waals surface area contributed by atoms with E-state index < -0.39 is 0 Å². The third-order valence-electron chi connectivity index (χ3n) is 3.80. The Balaban J connectivity index is 1.92. The molecule has 27 heavy (non-hydrogen) atoms. The number of hydrogen-bond donors (Lipinski definition) is 0. The fourth-order valence-corrected chi connectivity index (χ4v) is 3.40. The van der Waals surface area contributed by atoms with Gasteiger partial charge in [0, 0.05) is 10.9 Å². The molecule has 0 aliphatic rings. The second-order valence-electron chi connectivity index (χ2n) is 5.65. The number of rotatable bonds is 7. The van der Waals surface area contributed by atoms with Crippen LogP contribution in [0.1, 0.15) is 24.4 Å². The van der Waals surface area contributed by atoms with E-state index >= 15 is 0 Å². The highest BCUT2D eigenvalue weighted by molar-refractivity contribution is 7.11. The minimum atomic E-state index is 0.522. The van der Waals surface area contributed by atoms with Gasteiger partial charge in [-0.1, -0.05) is 36.4 Å². The van der Waals surface area contributed by atoms with Gasteiger partial charge in [-0.25, -0.2) is 4.98 Å². The molecule has 0 atom stereocenters. The second kappa shape index (κ2) is 9.02. The first kappa shape index (κ1) is 18.7. The van der Waals surface area contributed by atoms with Gasteiger partial charge in [0.15, 0.2) is 11.5 Å². The summed E-state index contributed by atoms with van der Waals surface area (Å²) < 4.78 is 11.3. The predicted octanol–water partition coefficient (Wildman–Crippen LogP) is 5.67. The molecular formula is C22H20N2O2S. The highest BCUT2D eigenvalue weighted by atomic mass is 32.1. The first-order chi connectivity index (χ1) is 13.2. The number of nitrogens with zero attached hydrogens (tertiary/aromatic N) is 2. The van der Waals surface area contributed by atoms with Crippen molar-refractivity contribution in [3.05, 3.63) is 64.5 Å². The Morgan fingerprint density at radius 3 is 2.52 bits per heavy atom. The van der Waals surface area contributed by atoms with Crippen molar-refractivity contribution in [1.82, 2.24) is 4.98 Å². The van der Waals surface area contributed by atoms with Crippen LogP contribution >= 0.6 is 11.3 Å². The lowest BCUT2D eigenvalue weighted by molar-refractivity contribution is 0.287. The summed E-state index contributed by atoms with van der Waals surface area (Å²) in [5.41, 5.74) is 3.30. The summed E-state index contributed by atoms with van der Waals surface area (Å²) in [7, 11) is 0. The molecule has 0 saturated heterocycles. The molecule has 3 rings (SSSR count). The molecule has 0 fully saturated rings. The van der Waals surface area contributed by atoms with E-state index in [2.05, 4.69) is 11.1 Å². The van der Waals surface area contributed by atoms with Gasteiger partial charge in [-0.3, -0.25) is 0 Å². The number of ether oxygens (including phenoxy) is 2. The Hall–Kier alpha value is -3.10. The molecule has 0 aliphatic carbocycles. The van der Waals surface area contributed by atoms with Crippen LogP contribution in [0.25, 0.3) is 22.9 Å². The minimum absolute atomic E-state index is 0.522. The first-order valence-corrected chi connectivity index (χ1v) is 9.65. The molecule has 0 unspecified atom stereocenters. The smallest absolute Gasteiger partial charge is 0.161 e. The maximum atomic E-state index is 9.62. The summed E-state index contributed by atoms with van der Waals surface area (Å²) in [5, 5.41) is 12.3. The number of aromatic nitrogens is 1. The number of nitriles is 1. The largest absolute Gasteiger partial charge is 0.490 e. The Morgan fingerprint density at radius 2 is 1.81 bits per heavy atom. The average molecular weight is 376 g/mol. The van der Waals surface area contributed by atoms with E-state index in [1.165, 1.54) is 11.3 Å². The third-order valence-corrected chi connectivity index (χ3v) is 4.68. The van der Waals surface area contributed by atoms with Crippen LogP contribution in [-0.2, 0) is 0 Å². The van der Waals surface area contributed by atoms with Crippen LogP contribution in [0, 0.1) is 11.3 Å². The molecule has 0 N–H and O–H groups in total. The van der Waals surface area contributed by atoms with Crippen molar-refractivity contribution in [2.24, 2.45) is 0 Å². The van der Waals surface area contributed by atoms with Crippen LogP contribution in [0.15, 0.2) is 53.9 Å². The van der Waals surface area contributed by atoms with E-state index in [-0.39, 0.29) is 0 Å². The van der Waals surface area contributed by atoms with Crippen LogP contribution in [0.5, 0.6) is 11.5 Å². The normalized spacial score (nSPS) is 11.1. The molecule has 0 amide bonds. The maximum Gasteiger partial charge on any atom is 0.161 e. The molecule has 3 aromatic rings. The molecule has 0 aliphatic heterocycles. The van der Waals surface area contributed by atoms with E-state index in [0.717, 1.165) is 16.8 Å². The van der Waals surface area contributed by atoms with Gasteiger partial charge in [0.05, 0.1) is 24.5 Å². The van der Waals surface area contributed by atoms with Crippen LogP contribution in [-0.4, -0.2) is 18.2 Å². The van der Waals surface area contributed by atoms with Crippen molar-refractivity contribution in [1.29, 1.82) is 5.26 Å². The van der Waals surface area contributed by atoms with Crippen LogP contribution in [0.2, 0.25) is 0 Å². The predicted molar refractivity (Wildman–Crippen MR) is 110 cm³/mol. The maximum absolute atomic E-state index is 9.62. The molecule has 136 valence electrons. The van der Waals surface area contributed by atoms with Gasteiger partial charge < -0.3 is 9.47 Å². The molecule has 5 heteroatoms. The van der Waals surface area contributed by atoms with Gasteiger partial charge >= 0.3 is 0 Å². The van der Waals surface area contributed by atoms with E-state index in [1.54, 1.807) is 0 Å². The van der Waals surface area contributed by atoms with Crippen LogP contribution < -0.4 is 9.47 Å². The molecule has 0 bridgehead atoms. The van der Waals surface area contributed by atoms with E-state index in [0.29, 0.717) is 35.3 Å².